The Kier molecular flexibility index (Phi) is 8.35. The first-order valence-electron chi connectivity index (χ1n) is 13.9. The summed E-state index contributed by atoms with van der Waals surface area (Å²) in [7, 11) is 0. The number of hydrogen-bond acceptors (Lipinski definition) is 0. The lowest BCUT2D eigenvalue weighted by atomic mass is 9.62. The van der Waals surface area contributed by atoms with Gasteiger partial charge in [-0.15, -0.1) is 0 Å². The van der Waals surface area contributed by atoms with Crippen molar-refractivity contribution < 1.29 is 13.2 Å². The molecule has 180 valence electrons. The van der Waals surface area contributed by atoms with Crippen LogP contribution in [0.25, 0.3) is 0 Å². The number of halogens is 3. The Labute approximate surface area is 189 Å². The van der Waals surface area contributed by atoms with Gasteiger partial charge in [-0.25, -0.2) is 13.2 Å². The van der Waals surface area contributed by atoms with Crippen LogP contribution in [0, 0.1) is 47.3 Å². The Balaban J connectivity index is 1.25. The van der Waals surface area contributed by atoms with E-state index in [1.807, 2.05) is 6.92 Å². The summed E-state index contributed by atoms with van der Waals surface area (Å²) in [6.07, 6.45) is 13.1. The maximum Gasteiger partial charge on any atom is 0.134 e. The molecule has 4 aliphatic rings. The first-order chi connectivity index (χ1) is 15.0. The summed E-state index contributed by atoms with van der Waals surface area (Å²) in [6, 6.07) is 0. The first kappa shape index (κ1) is 23.9. The topological polar surface area (TPSA) is 0 Å². The second-order valence-corrected chi connectivity index (χ2v) is 12.1. The molecule has 3 heteroatoms. The smallest absolute Gasteiger partial charge is 0.134 e. The predicted molar refractivity (Wildman–Crippen MR) is 123 cm³/mol. The highest BCUT2D eigenvalue weighted by molar-refractivity contribution is 4.96. The van der Waals surface area contributed by atoms with Gasteiger partial charge in [0, 0.05) is 0 Å². The van der Waals surface area contributed by atoms with Gasteiger partial charge in [0.2, 0.25) is 0 Å². The highest BCUT2D eigenvalue weighted by Crippen LogP contribution is 2.50. The lowest BCUT2D eigenvalue weighted by Crippen LogP contribution is -2.45. The summed E-state index contributed by atoms with van der Waals surface area (Å²) >= 11 is 0. The minimum absolute atomic E-state index is 0.0316. The van der Waals surface area contributed by atoms with Gasteiger partial charge in [0.1, 0.15) is 18.5 Å². The summed E-state index contributed by atoms with van der Waals surface area (Å²) in [5.41, 5.74) is 0. The summed E-state index contributed by atoms with van der Waals surface area (Å²) in [4.78, 5) is 0. The average molecular weight is 441 g/mol. The number of hydrogen-bond donors (Lipinski definition) is 0. The molecule has 0 aromatic heterocycles. The Bertz CT molecular complexity index is 534. The van der Waals surface area contributed by atoms with Crippen LogP contribution in [0.3, 0.4) is 0 Å². The molecule has 4 fully saturated rings. The van der Waals surface area contributed by atoms with Gasteiger partial charge in [-0.2, -0.15) is 0 Å². The van der Waals surface area contributed by atoms with Crippen LogP contribution >= 0.6 is 0 Å². The quantitative estimate of drug-likeness (QED) is 0.400. The minimum Gasteiger partial charge on any atom is -0.247 e. The first-order valence-corrected chi connectivity index (χ1v) is 13.9. The van der Waals surface area contributed by atoms with Crippen molar-refractivity contribution in [2.24, 2.45) is 47.3 Å². The predicted octanol–water partition coefficient (Wildman–Crippen LogP) is 8.88. The van der Waals surface area contributed by atoms with Crippen LogP contribution in [0.15, 0.2) is 0 Å². The van der Waals surface area contributed by atoms with Crippen molar-refractivity contribution in [1.82, 2.24) is 0 Å². The van der Waals surface area contributed by atoms with Crippen LogP contribution in [0.4, 0.5) is 13.2 Å². The normalized spacial score (nSPS) is 49.6. The van der Waals surface area contributed by atoms with Gasteiger partial charge in [0.25, 0.3) is 0 Å². The summed E-state index contributed by atoms with van der Waals surface area (Å²) in [5.74, 6) is 2.87. The molecule has 0 amide bonds. The lowest BCUT2D eigenvalue weighted by molar-refractivity contribution is -0.0396. The third kappa shape index (κ3) is 5.48. The minimum atomic E-state index is -1.25. The number of alkyl halides is 3. The molecule has 0 nitrogen and oxygen atoms in total. The molecular formula is C28H47F3. The standard InChI is InChI=1S/C28H47F3/c1-3-4-19-6-9-21(10-7-19)24-15-16-25(28(31)27(24)30)22-13-11-20(12-14-22)23-8-5-18(2)26(29)17-23/h18-28H,3-17H2,1-2H3. The molecule has 0 heterocycles. The SMILES string of the molecule is CCCC1CCC(C2CCC(C3CCC(C4CCC(C)C(F)C4)CC3)C(F)C2F)CC1. The second kappa shape index (κ2) is 10.8. The second-order valence-electron chi connectivity index (χ2n) is 12.1. The molecular weight excluding hydrogens is 393 g/mol. The Hall–Kier alpha value is -0.210. The van der Waals surface area contributed by atoms with Crippen LogP contribution in [0.1, 0.15) is 110 Å². The van der Waals surface area contributed by atoms with E-state index in [0.29, 0.717) is 23.7 Å². The van der Waals surface area contributed by atoms with E-state index in [0.717, 1.165) is 70.1 Å². The molecule has 0 N–H and O–H groups in total. The van der Waals surface area contributed by atoms with E-state index >= 15 is 8.78 Å². The third-order valence-corrected chi connectivity index (χ3v) is 10.4. The lowest BCUT2D eigenvalue weighted by Gasteiger charge is -2.45. The number of rotatable bonds is 5. The zero-order valence-corrected chi connectivity index (χ0v) is 20.1. The Morgan fingerprint density at radius 3 is 1.58 bits per heavy atom. The Morgan fingerprint density at radius 2 is 1.06 bits per heavy atom. The molecule has 0 aromatic carbocycles. The van der Waals surface area contributed by atoms with Crippen LogP contribution in [0.2, 0.25) is 0 Å². The van der Waals surface area contributed by atoms with Crippen LogP contribution in [-0.4, -0.2) is 18.5 Å². The maximum atomic E-state index is 15.4. The van der Waals surface area contributed by atoms with Crippen molar-refractivity contribution in [3.63, 3.8) is 0 Å². The summed E-state index contributed by atoms with van der Waals surface area (Å²) in [5, 5.41) is 0. The van der Waals surface area contributed by atoms with E-state index in [-0.39, 0.29) is 17.8 Å². The van der Waals surface area contributed by atoms with Crippen LogP contribution < -0.4 is 0 Å². The molecule has 0 radical (unpaired) electrons. The highest BCUT2D eigenvalue weighted by Gasteiger charge is 2.47. The molecule has 7 unspecified atom stereocenters. The van der Waals surface area contributed by atoms with Gasteiger partial charge in [-0.1, -0.05) is 39.5 Å². The zero-order chi connectivity index (χ0) is 22.0. The van der Waals surface area contributed by atoms with Crippen molar-refractivity contribution in [1.29, 1.82) is 0 Å². The molecule has 0 aromatic rings. The van der Waals surface area contributed by atoms with Crippen LogP contribution in [0.5, 0.6) is 0 Å². The van der Waals surface area contributed by atoms with Crippen molar-refractivity contribution in [3.8, 4) is 0 Å². The fourth-order valence-electron chi connectivity index (χ4n) is 8.25. The average Bonchev–Trinajstić information content (AvgIpc) is 2.79. The third-order valence-electron chi connectivity index (χ3n) is 10.4. The summed E-state index contributed by atoms with van der Waals surface area (Å²) < 4.78 is 44.9. The van der Waals surface area contributed by atoms with Crippen LogP contribution in [-0.2, 0) is 0 Å². The van der Waals surface area contributed by atoms with E-state index in [4.69, 9.17) is 0 Å². The van der Waals surface area contributed by atoms with E-state index in [1.165, 1.54) is 32.1 Å². The molecule has 4 saturated carbocycles. The summed E-state index contributed by atoms with van der Waals surface area (Å²) in [6.45, 7) is 4.29. The van der Waals surface area contributed by atoms with E-state index in [2.05, 4.69) is 6.92 Å². The van der Waals surface area contributed by atoms with Gasteiger partial charge in [0.05, 0.1) is 0 Å². The van der Waals surface area contributed by atoms with Gasteiger partial charge in [0.15, 0.2) is 0 Å². The van der Waals surface area contributed by atoms with Gasteiger partial charge in [-0.05, 0) is 118 Å². The Morgan fingerprint density at radius 1 is 0.581 bits per heavy atom. The molecule has 0 bridgehead atoms. The van der Waals surface area contributed by atoms with Crippen molar-refractivity contribution >= 4 is 0 Å². The van der Waals surface area contributed by atoms with E-state index in [1.54, 1.807) is 0 Å². The van der Waals surface area contributed by atoms with E-state index < -0.39 is 18.5 Å². The van der Waals surface area contributed by atoms with Gasteiger partial charge < -0.3 is 0 Å². The molecule has 0 saturated heterocycles. The molecule has 0 aliphatic heterocycles. The van der Waals surface area contributed by atoms with Crippen molar-refractivity contribution in [2.75, 3.05) is 0 Å². The van der Waals surface area contributed by atoms with Gasteiger partial charge in [-0.3, -0.25) is 0 Å². The van der Waals surface area contributed by atoms with E-state index in [9.17, 15) is 4.39 Å². The highest BCUT2D eigenvalue weighted by atomic mass is 19.2. The van der Waals surface area contributed by atoms with Gasteiger partial charge >= 0.3 is 0 Å². The zero-order valence-electron chi connectivity index (χ0n) is 20.1. The monoisotopic (exact) mass is 440 g/mol. The molecule has 7 atom stereocenters. The fraction of sp³-hybridized carbons (Fsp3) is 1.00. The largest absolute Gasteiger partial charge is 0.247 e. The molecule has 4 rings (SSSR count). The molecule has 4 aliphatic carbocycles. The molecule has 31 heavy (non-hydrogen) atoms. The van der Waals surface area contributed by atoms with Crippen molar-refractivity contribution in [2.45, 2.75) is 129 Å². The fourth-order valence-corrected chi connectivity index (χ4v) is 8.25. The molecule has 0 spiro atoms. The van der Waals surface area contributed by atoms with Crippen molar-refractivity contribution in [3.05, 3.63) is 0 Å². The maximum absolute atomic E-state index is 15.4.